The van der Waals surface area contributed by atoms with Crippen molar-refractivity contribution >= 4 is 15.7 Å². The van der Waals surface area contributed by atoms with Gasteiger partial charge in [-0.05, 0) is 12.1 Å². The highest BCUT2D eigenvalue weighted by molar-refractivity contribution is 7.92. The van der Waals surface area contributed by atoms with Gasteiger partial charge in [0.05, 0.1) is 14.2 Å². The highest BCUT2D eigenvalue weighted by Crippen LogP contribution is 2.29. The Morgan fingerprint density at radius 1 is 1.00 bits per heavy atom. The molecule has 0 bridgehead atoms. The average Bonchev–Trinajstić information content (AvgIpc) is 2.53. The van der Waals surface area contributed by atoms with Gasteiger partial charge in [-0.25, -0.2) is 34.8 Å². The number of rotatable bonds is 4. The minimum atomic E-state index is -5.37. The Balaban J connectivity index is 2.61. The molecule has 0 aromatic heterocycles. The number of hydrogen-bond donors (Lipinski definition) is 1. The van der Waals surface area contributed by atoms with E-state index in [1.807, 2.05) is 0 Å². The third kappa shape index (κ3) is 2.98. The molecule has 0 aliphatic rings. The van der Waals surface area contributed by atoms with Crippen LogP contribution >= 0.6 is 0 Å². The summed E-state index contributed by atoms with van der Waals surface area (Å²) in [5, 5.41) is 0. The van der Waals surface area contributed by atoms with E-state index in [9.17, 15) is 34.8 Å². The first kappa shape index (κ1) is 16.4. The smallest absolute Gasteiger partial charge is 0.267 e. The summed E-state index contributed by atoms with van der Waals surface area (Å²) in [5.74, 6) is -14.2. The van der Waals surface area contributed by atoms with Crippen molar-refractivity contribution in [3.05, 3.63) is 53.1 Å². The fourth-order valence-electron chi connectivity index (χ4n) is 1.68. The van der Waals surface area contributed by atoms with Gasteiger partial charge in [0.1, 0.15) is 0 Å². The van der Waals surface area contributed by atoms with E-state index < -0.39 is 67.3 Å². The van der Waals surface area contributed by atoms with E-state index in [4.69, 9.17) is 1.37 Å². The lowest BCUT2D eigenvalue weighted by molar-refractivity contribution is 0.358. The van der Waals surface area contributed by atoms with Crippen molar-refractivity contribution in [2.45, 2.75) is 4.90 Å². The lowest BCUT2D eigenvalue weighted by atomic mass is 10.3. The third-order valence-corrected chi connectivity index (χ3v) is 4.15. The number of halogens is 6. The monoisotopic (exact) mass is 373 g/mol. The van der Waals surface area contributed by atoms with Crippen LogP contribution in [-0.4, -0.2) is 15.5 Å². The quantitative estimate of drug-likeness (QED) is 0.508. The molecule has 1 N–H and O–H groups in total. The maximum Gasteiger partial charge on any atom is 0.267 e. The molecular formula is C13H7F6NO3S. The Kier molecular flexibility index (Phi) is 4.26. The molecule has 2 aromatic carbocycles. The second-order valence-corrected chi connectivity index (χ2v) is 5.89. The number of nitrogens with one attached hydrogen (secondary N) is 1. The van der Waals surface area contributed by atoms with Crippen molar-refractivity contribution in [1.29, 1.82) is 0 Å². The minimum absolute atomic E-state index is 0.427. The van der Waals surface area contributed by atoms with Gasteiger partial charge < -0.3 is 4.74 Å². The first-order valence-electron chi connectivity index (χ1n) is 6.39. The Hall–Kier alpha value is -2.43. The van der Waals surface area contributed by atoms with Gasteiger partial charge in [0.2, 0.25) is 5.82 Å². The number of sulfonamides is 1. The van der Waals surface area contributed by atoms with Gasteiger partial charge in [-0.2, -0.15) is 0 Å². The standard InChI is InChI=1S/C13H7F6NO3S/c1-23-7-3-2-5(4-6(7)14)20-24(21,22)13-11(18)9(16)8(15)10(17)12(13)19/h2-4,20H,1H3/i2T. The van der Waals surface area contributed by atoms with Crippen LogP contribution in [0.15, 0.2) is 23.1 Å². The fourth-order valence-corrected chi connectivity index (χ4v) is 2.84. The predicted molar refractivity (Wildman–Crippen MR) is 70.0 cm³/mol. The zero-order valence-electron chi connectivity index (χ0n) is 12.6. The zero-order chi connectivity index (χ0) is 19.1. The Morgan fingerprint density at radius 3 is 2.00 bits per heavy atom. The normalized spacial score (nSPS) is 12.0. The molecule has 2 rings (SSSR count). The number of hydrogen-bond acceptors (Lipinski definition) is 3. The first-order chi connectivity index (χ1) is 11.5. The molecule has 0 radical (unpaired) electrons. The highest BCUT2D eigenvalue weighted by Gasteiger charge is 2.33. The van der Waals surface area contributed by atoms with Crippen LogP contribution in [0.5, 0.6) is 5.75 Å². The van der Waals surface area contributed by atoms with E-state index >= 15 is 0 Å². The molecule has 0 aliphatic carbocycles. The van der Waals surface area contributed by atoms with Gasteiger partial charge in [0.25, 0.3) is 10.0 Å². The van der Waals surface area contributed by atoms with Gasteiger partial charge in [-0.1, -0.05) is 0 Å². The van der Waals surface area contributed by atoms with E-state index in [-0.39, 0.29) is 0 Å². The summed E-state index contributed by atoms with van der Waals surface area (Å²) in [6, 6.07) is 0.516. The highest BCUT2D eigenvalue weighted by atomic mass is 32.2. The molecule has 0 fully saturated rings. The van der Waals surface area contributed by atoms with Crippen LogP contribution in [0.25, 0.3) is 0 Å². The molecular weight excluding hydrogens is 364 g/mol. The van der Waals surface area contributed by atoms with Crippen molar-refractivity contribution in [3.8, 4) is 5.75 Å². The zero-order valence-corrected chi connectivity index (χ0v) is 12.4. The molecule has 0 aliphatic heterocycles. The molecule has 0 amide bonds. The predicted octanol–water partition coefficient (Wildman–Crippen LogP) is 3.33. The van der Waals surface area contributed by atoms with Crippen LogP contribution in [0, 0.1) is 34.9 Å². The molecule has 0 spiro atoms. The second kappa shape index (κ2) is 6.23. The molecule has 130 valence electrons. The molecule has 11 heteroatoms. The van der Waals surface area contributed by atoms with Gasteiger partial charge in [-0.15, -0.1) is 0 Å². The van der Waals surface area contributed by atoms with Crippen molar-refractivity contribution < 1.29 is 40.9 Å². The molecule has 4 nitrogen and oxygen atoms in total. The fraction of sp³-hybridized carbons (Fsp3) is 0.0769. The lowest BCUT2D eigenvalue weighted by Crippen LogP contribution is -2.19. The molecule has 0 heterocycles. The second-order valence-electron chi connectivity index (χ2n) is 4.27. The Labute approximate surface area is 133 Å². The third-order valence-electron chi connectivity index (χ3n) is 2.77. The van der Waals surface area contributed by atoms with Crippen molar-refractivity contribution in [1.82, 2.24) is 0 Å². The maximum absolute atomic E-state index is 13.6. The molecule has 0 saturated carbocycles. The molecule has 0 atom stereocenters. The van der Waals surface area contributed by atoms with Gasteiger partial charge in [-0.3, -0.25) is 4.72 Å². The van der Waals surface area contributed by atoms with Crippen molar-refractivity contribution in [2.75, 3.05) is 11.8 Å². The first-order valence-corrected chi connectivity index (χ1v) is 7.38. The topological polar surface area (TPSA) is 55.4 Å². The number of benzene rings is 2. The van der Waals surface area contributed by atoms with E-state index in [0.717, 1.165) is 13.2 Å². The molecule has 2 aromatic rings. The summed E-state index contributed by atoms with van der Waals surface area (Å²) in [4.78, 5) is -2.15. The largest absolute Gasteiger partial charge is 0.494 e. The Morgan fingerprint density at radius 2 is 1.50 bits per heavy atom. The van der Waals surface area contributed by atoms with E-state index in [0.29, 0.717) is 6.07 Å². The summed E-state index contributed by atoms with van der Waals surface area (Å²) in [6.45, 7) is 0. The summed E-state index contributed by atoms with van der Waals surface area (Å²) in [7, 11) is -4.30. The number of methoxy groups -OCH3 is 1. The van der Waals surface area contributed by atoms with Crippen LogP contribution in [-0.2, 0) is 10.0 Å². The SMILES string of the molecule is [3H]c1cc(OC)c(F)cc1NS(=O)(=O)c1c(F)c(F)c(F)c(F)c1F. The van der Waals surface area contributed by atoms with Gasteiger partial charge >= 0.3 is 0 Å². The van der Waals surface area contributed by atoms with Gasteiger partial charge in [0, 0.05) is 6.07 Å². The average molecular weight is 373 g/mol. The van der Waals surface area contributed by atoms with Crippen LogP contribution in [0.4, 0.5) is 32.0 Å². The van der Waals surface area contributed by atoms with E-state index in [1.54, 1.807) is 0 Å². The Bertz CT molecular complexity index is 938. The van der Waals surface area contributed by atoms with Crippen LogP contribution < -0.4 is 9.46 Å². The summed E-state index contributed by atoms with van der Waals surface area (Å²) < 4.78 is 118. The van der Waals surface area contributed by atoms with E-state index in [1.165, 1.54) is 4.72 Å². The summed E-state index contributed by atoms with van der Waals surface area (Å²) >= 11 is 0. The molecule has 0 saturated heterocycles. The van der Waals surface area contributed by atoms with Crippen molar-refractivity contribution in [2.24, 2.45) is 0 Å². The van der Waals surface area contributed by atoms with Crippen molar-refractivity contribution in [3.63, 3.8) is 0 Å². The molecule has 24 heavy (non-hydrogen) atoms. The molecule has 0 unspecified atom stereocenters. The summed E-state index contributed by atoms with van der Waals surface area (Å²) in [5.41, 5.74) is -0.803. The van der Waals surface area contributed by atoms with E-state index in [2.05, 4.69) is 4.74 Å². The van der Waals surface area contributed by atoms with Gasteiger partial charge in [0.15, 0.2) is 39.7 Å². The number of anilines is 1. The lowest BCUT2D eigenvalue weighted by Gasteiger charge is -2.12. The minimum Gasteiger partial charge on any atom is -0.494 e. The summed E-state index contributed by atoms with van der Waals surface area (Å²) in [6.07, 6.45) is 0. The van der Waals surface area contributed by atoms with Crippen LogP contribution in [0.1, 0.15) is 1.37 Å². The number of ether oxygens (including phenoxy) is 1. The maximum atomic E-state index is 13.6. The van der Waals surface area contributed by atoms with Crippen LogP contribution in [0.2, 0.25) is 0 Å². The van der Waals surface area contributed by atoms with Crippen LogP contribution in [0.3, 0.4) is 0 Å².